The van der Waals surface area contributed by atoms with Gasteiger partial charge >= 0.3 is 0 Å². The maximum Gasteiger partial charge on any atom is 0.127 e. The Labute approximate surface area is 96.7 Å². The van der Waals surface area contributed by atoms with E-state index in [4.69, 9.17) is 11.6 Å². The lowest BCUT2D eigenvalue weighted by Crippen LogP contribution is -2.01. The van der Waals surface area contributed by atoms with Gasteiger partial charge < -0.3 is 5.32 Å². The van der Waals surface area contributed by atoms with Gasteiger partial charge in [0.1, 0.15) is 11.5 Å². The topological polar surface area (TPSA) is 29.9 Å². The van der Waals surface area contributed by atoms with E-state index in [0.29, 0.717) is 0 Å². The first-order valence-electron chi connectivity index (χ1n) is 4.81. The van der Waals surface area contributed by atoms with Gasteiger partial charge in [0.15, 0.2) is 0 Å². The normalized spacial score (nSPS) is 14.0. The molecule has 2 aromatic heterocycles. The molecule has 5 heteroatoms. The fraction of sp³-hybridized carbons (Fsp3) is 0.300. The molecule has 0 atom stereocenters. The molecule has 0 bridgehead atoms. The summed E-state index contributed by atoms with van der Waals surface area (Å²) >= 11 is 7.52. The van der Waals surface area contributed by atoms with Crippen LogP contribution < -0.4 is 5.32 Å². The molecule has 2 aromatic rings. The Kier molecular flexibility index (Phi) is 2.00. The zero-order chi connectivity index (χ0) is 10.4. The molecule has 0 aliphatic carbocycles. The monoisotopic (exact) mass is 239 g/mol. The molecule has 0 radical (unpaired) electrons. The molecule has 0 amide bonds. The van der Waals surface area contributed by atoms with Crippen LogP contribution in [0.1, 0.15) is 5.56 Å². The molecule has 78 valence electrons. The van der Waals surface area contributed by atoms with Crippen molar-refractivity contribution in [3.05, 3.63) is 22.0 Å². The largest absolute Gasteiger partial charge is 0.370 e. The van der Waals surface area contributed by atoms with E-state index in [1.165, 1.54) is 5.56 Å². The predicted octanol–water partition coefficient (Wildman–Crippen LogP) is 2.77. The summed E-state index contributed by atoms with van der Waals surface area (Å²) in [5, 5.41) is 7.86. The van der Waals surface area contributed by atoms with Gasteiger partial charge in [0, 0.05) is 19.2 Å². The van der Waals surface area contributed by atoms with Crippen LogP contribution in [0.5, 0.6) is 0 Å². The molecule has 1 aliphatic rings. The number of fused-ring (bicyclic) bond motifs is 1. The first kappa shape index (κ1) is 9.24. The highest BCUT2D eigenvalue weighted by Gasteiger charge is 2.22. The molecule has 1 aliphatic heterocycles. The molecule has 3 heterocycles. The molecular weight excluding hydrogens is 230 g/mol. The van der Waals surface area contributed by atoms with Crippen LogP contribution in [0.4, 0.5) is 5.82 Å². The molecule has 0 saturated carbocycles. The molecule has 3 nitrogen and oxygen atoms in total. The summed E-state index contributed by atoms with van der Waals surface area (Å²) in [4.78, 5) is 1.15. The second-order valence-corrected chi connectivity index (χ2v) is 5.29. The van der Waals surface area contributed by atoms with Crippen LogP contribution in [0.25, 0.3) is 10.6 Å². The first-order valence-corrected chi connectivity index (χ1v) is 6.00. The first-order chi connectivity index (χ1) is 7.25. The fourth-order valence-electron chi connectivity index (χ4n) is 1.97. The van der Waals surface area contributed by atoms with Gasteiger partial charge in [-0.15, -0.1) is 11.3 Å². The minimum absolute atomic E-state index is 0.815. The van der Waals surface area contributed by atoms with Gasteiger partial charge in [0.25, 0.3) is 0 Å². The van der Waals surface area contributed by atoms with Gasteiger partial charge in [0.2, 0.25) is 0 Å². The fourth-order valence-corrected chi connectivity index (χ4v) is 3.03. The number of rotatable bonds is 1. The summed E-state index contributed by atoms with van der Waals surface area (Å²) in [7, 11) is 1.97. The molecule has 0 fully saturated rings. The third-order valence-corrected chi connectivity index (χ3v) is 3.86. The van der Waals surface area contributed by atoms with Crippen molar-refractivity contribution in [1.82, 2.24) is 9.78 Å². The Bertz CT molecular complexity index is 515. The highest BCUT2D eigenvalue weighted by Crippen LogP contribution is 2.36. The van der Waals surface area contributed by atoms with Crippen molar-refractivity contribution < 1.29 is 0 Å². The number of hydrogen-bond acceptors (Lipinski definition) is 3. The number of thiophene rings is 1. The summed E-state index contributed by atoms with van der Waals surface area (Å²) in [6.07, 6.45) is 1.05. The standard InChI is InChI=1S/C10H10ClN3S/c1-14-10-6(4-5-12-10)9(13-14)7-2-3-8(11)15-7/h2-3,12H,4-5H2,1H3. The van der Waals surface area contributed by atoms with Crippen molar-refractivity contribution in [2.24, 2.45) is 7.05 Å². The number of anilines is 1. The highest BCUT2D eigenvalue weighted by atomic mass is 35.5. The highest BCUT2D eigenvalue weighted by molar-refractivity contribution is 7.19. The second-order valence-electron chi connectivity index (χ2n) is 3.58. The van der Waals surface area contributed by atoms with Gasteiger partial charge in [-0.25, -0.2) is 0 Å². The number of hydrogen-bond donors (Lipinski definition) is 1. The molecule has 1 N–H and O–H groups in total. The van der Waals surface area contributed by atoms with Gasteiger partial charge in [0.05, 0.1) is 9.21 Å². The molecule has 0 spiro atoms. The average Bonchev–Trinajstić information content (AvgIpc) is 2.84. The lowest BCUT2D eigenvalue weighted by Gasteiger charge is -1.96. The van der Waals surface area contributed by atoms with Gasteiger partial charge in [-0.2, -0.15) is 5.10 Å². The van der Waals surface area contributed by atoms with Crippen molar-refractivity contribution in [2.45, 2.75) is 6.42 Å². The van der Waals surface area contributed by atoms with E-state index in [1.807, 2.05) is 23.9 Å². The van der Waals surface area contributed by atoms with E-state index in [-0.39, 0.29) is 0 Å². The van der Waals surface area contributed by atoms with E-state index < -0.39 is 0 Å². The van der Waals surface area contributed by atoms with Crippen molar-refractivity contribution in [2.75, 3.05) is 11.9 Å². The van der Waals surface area contributed by atoms with Crippen LogP contribution in [0.15, 0.2) is 12.1 Å². The van der Waals surface area contributed by atoms with Crippen LogP contribution in [-0.4, -0.2) is 16.3 Å². The lowest BCUT2D eigenvalue weighted by atomic mass is 10.2. The summed E-state index contributed by atoms with van der Waals surface area (Å²) in [6.45, 7) is 1.01. The second kappa shape index (κ2) is 3.25. The zero-order valence-electron chi connectivity index (χ0n) is 8.25. The smallest absolute Gasteiger partial charge is 0.127 e. The minimum Gasteiger partial charge on any atom is -0.370 e. The number of aryl methyl sites for hydroxylation is 1. The number of aromatic nitrogens is 2. The third-order valence-electron chi connectivity index (χ3n) is 2.62. The SMILES string of the molecule is Cn1nc(-c2ccc(Cl)s2)c2c1NCC2. The summed E-state index contributed by atoms with van der Waals surface area (Å²) in [5.41, 5.74) is 2.39. The van der Waals surface area contributed by atoms with Crippen LogP contribution >= 0.6 is 22.9 Å². The lowest BCUT2D eigenvalue weighted by molar-refractivity contribution is 0.776. The van der Waals surface area contributed by atoms with Gasteiger partial charge in [-0.1, -0.05) is 11.6 Å². The zero-order valence-corrected chi connectivity index (χ0v) is 9.82. The Morgan fingerprint density at radius 3 is 3.13 bits per heavy atom. The number of halogens is 1. The van der Waals surface area contributed by atoms with Crippen molar-refractivity contribution in [1.29, 1.82) is 0 Å². The van der Waals surface area contributed by atoms with Crippen molar-refractivity contribution in [3.63, 3.8) is 0 Å². The van der Waals surface area contributed by atoms with Crippen LogP contribution in [-0.2, 0) is 13.5 Å². The van der Waals surface area contributed by atoms with Gasteiger partial charge in [-0.05, 0) is 18.6 Å². The summed E-state index contributed by atoms with van der Waals surface area (Å²) in [6, 6.07) is 3.96. The Hall–Kier alpha value is -1.00. The van der Waals surface area contributed by atoms with E-state index >= 15 is 0 Å². The third kappa shape index (κ3) is 1.36. The summed E-state index contributed by atoms with van der Waals surface area (Å²) in [5.74, 6) is 1.15. The van der Waals surface area contributed by atoms with Crippen molar-refractivity contribution >= 4 is 28.8 Å². The predicted molar refractivity (Wildman–Crippen MR) is 63.7 cm³/mol. The minimum atomic E-state index is 0.815. The molecule has 15 heavy (non-hydrogen) atoms. The van der Waals surface area contributed by atoms with Crippen LogP contribution in [0.2, 0.25) is 4.34 Å². The maximum absolute atomic E-state index is 5.94. The molecule has 0 aromatic carbocycles. The van der Waals surface area contributed by atoms with E-state index in [2.05, 4.69) is 10.4 Å². The Balaban J connectivity index is 2.17. The number of nitrogens with zero attached hydrogens (tertiary/aromatic N) is 2. The molecular formula is C10H10ClN3S. The summed E-state index contributed by atoms with van der Waals surface area (Å²) < 4.78 is 2.72. The van der Waals surface area contributed by atoms with E-state index in [9.17, 15) is 0 Å². The Morgan fingerprint density at radius 2 is 2.40 bits per heavy atom. The van der Waals surface area contributed by atoms with Crippen LogP contribution in [0.3, 0.4) is 0 Å². The van der Waals surface area contributed by atoms with E-state index in [0.717, 1.165) is 33.7 Å². The average molecular weight is 240 g/mol. The molecule has 0 saturated heterocycles. The van der Waals surface area contributed by atoms with Gasteiger partial charge in [-0.3, -0.25) is 4.68 Å². The quantitative estimate of drug-likeness (QED) is 0.830. The molecule has 3 rings (SSSR count). The Morgan fingerprint density at radius 1 is 1.53 bits per heavy atom. The maximum atomic E-state index is 5.94. The van der Waals surface area contributed by atoms with E-state index in [1.54, 1.807) is 11.3 Å². The number of nitrogens with one attached hydrogen (secondary N) is 1. The van der Waals surface area contributed by atoms with Crippen LogP contribution in [0, 0.1) is 0 Å². The molecule has 0 unspecified atom stereocenters. The van der Waals surface area contributed by atoms with Crippen molar-refractivity contribution in [3.8, 4) is 10.6 Å².